The van der Waals surface area contributed by atoms with Gasteiger partial charge in [0.2, 0.25) is 0 Å². The van der Waals surface area contributed by atoms with Gasteiger partial charge in [-0.1, -0.05) is 12.1 Å². The summed E-state index contributed by atoms with van der Waals surface area (Å²) in [5, 5.41) is 10.2. The van der Waals surface area contributed by atoms with Gasteiger partial charge in [-0.05, 0) is 49.7 Å². The van der Waals surface area contributed by atoms with Crippen LogP contribution in [0.5, 0.6) is 11.5 Å². The lowest BCUT2D eigenvalue weighted by Crippen LogP contribution is -2.09. The van der Waals surface area contributed by atoms with Crippen molar-refractivity contribution in [3.05, 3.63) is 64.6 Å². The molecule has 0 unspecified atom stereocenters. The molecule has 136 valence electrons. The second-order valence-corrected chi connectivity index (χ2v) is 6.33. The smallest absolute Gasteiger partial charge is 0.504 e. The Bertz CT molecular complexity index is 968. The number of aryl methyl sites for hydroxylation is 1. The van der Waals surface area contributed by atoms with Crippen LogP contribution in [0, 0.1) is 6.92 Å². The number of hydrogen-bond donors (Lipinski definition) is 3. The van der Waals surface area contributed by atoms with Crippen LogP contribution in [0.2, 0.25) is 0 Å². The highest BCUT2D eigenvalue weighted by Gasteiger charge is 2.20. The van der Waals surface area contributed by atoms with Gasteiger partial charge in [-0.2, -0.15) is 0 Å². The van der Waals surface area contributed by atoms with Crippen LogP contribution in [-0.2, 0) is 0 Å². The molecule has 6 heteroatoms. The fourth-order valence-electron chi connectivity index (χ4n) is 3.18. The summed E-state index contributed by atoms with van der Waals surface area (Å²) in [5.41, 5.74) is 11.6. The molecule has 0 spiro atoms. The highest BCUT2D eigenvalue weighted by molar-refractivity contribution is 6.01. The number of nitrogens with two attached hydrogens (primary N) is 1. The third-order valence-electron chi connectivity index (χ3n) is 4.51. The van der Waals surface area contributed by atoms with Crippen molar-refractivity contribution in [3.63, 3.8) is 0 Å². The number of hydrogen-bond acceptors (Lipinski definition) is 3. The number of allylic oxidation sites excluding steroid dienone is 2. The minimum Gasteiger partial charge on any atom is -0.504 e. The molecule has 1 aromatic heterocycles. The molecule has 0 saturated heterocycles. The predicted molar refractivity (Wildman–Crippen MR) is 111 cm³/mol. The van der Waals surface area contributed by atoms with Gasteiger partial charge in [0.05, 0.1) is 12.8 Å². The Morgan fingerprint density at radius 3 is 2.85 bits per heavy atom. The fraction of sp³-hybridized carbons (Fsp3) is 0.190. The van der Waals surface area contributed by atoms with E-state index in [0.717, 1.165) is 28.2 Å². The first-order valence-electron chi connectivity index (χ1n) is 8.78. The second kappa shape index (κ2) is 8.14. The molecule has 1 aliphatic heterocycles. The van der Waals surface area contributed by atoms with Crippen molar-refractivity contribution in [2.75, 3.05) is 13.7 Å². The van der Waals surface area contributed by atoms with Gasteiger partial charge in [-0.3, -0.25) is 4.49 Å². The first-order chi connectivity index (χ1) is 13.0. The zero-order valence-electron chi connectivity index (χ0n) is 15.6. The number of aromatic hydroxyl groups is 1. The molecular weight excluding hydrogens is 337 g/mol. The lowest BCUT2D eigenvalue weighted by atomic mass is 10.0. The number of H-pyrrole nitrogens is 1. The van der Waals surface area contributed by atoms with E-state index in [9.17, 15) is 5.11 Å². The van der Waals surface area contributed by atoms with E-state index in [4.69, 9.17) is 18.5 Å². The zero-order valence-corrected chi connectivity index (χ0v) is 15.6. The van der Waals surface area contributed by atoms with Crippen molar-refractivity contribution in [3.8, 4) is 11.5 Å². The maximum Gasteiger partial charge on any atom is 0.586 e. The van der Waals surface area contributed by atoms with Gasteiger partial charge in [-0.15, -0.1) is 0 Å². The van der Waals surface area contributed by atoms with Crippen LogP contribution in [0.25, 0.3) is 17.7 Å². The van der Waals surface area contributed by atoms with Crippen LogP contribution in [-0.4, -0.2) is 42.4 Å². The molecule has 0 saturated carbocycles. The lowest BCUT2D eigenvalue weighted by Gasteiger charge is -2.07. The van der Waals surface area contributed by atoms with E-state index in [2.05, 4.69) is 11.1 Å². The van der Waals surface area contributed by atoms with E-state index < -0.39 is 0 Å². The van der Waals surface area contributed by atoms with Crippen molar-refractivity contribution in [1.29, 1.82) is 0 Å². The Morgan fingerprint density at radius 1 is 1.37 bits per heavy atom. The van der Waals surface area contributed by atoms with Gasteiger partial charge in [-0.25, -0.2) is 0 Å². The first kappa shape index (κ1) is 18.8. The molecular formula is C21H23BN3O2+. The number of phenolic OH excluding ortho intramolecular Hbond substituents is 1. The third kappa shape index (κ3) is 3.91. The number of ether oxygens (including phenoxy) is 1. The van der Waals surface area contributed by atoms with Crippen LogP contribution in [0.3, 0.4) is 0 Å². The summed E-state index contributed by atoms with van der Waals surface area (Å²) < 4.78 is 6.76. The van der Waals surface area contributed by atoms with Crippen LogP contribution < -0.4 is 10.5 Å². The Kier molecular flexibility index (Phi) is 5.67. The van der Waals surface area contributed by atoms with Crippen LogP contribution in [0.4, 0.5) is 0 Å². The Balaban J connectivity index is 1.95. The number of aromatic nitrogens is 1. The molecule has 2 aromatic rings. The van der Waals surface area contributed by atoms with Gasteiger partial charge in [0, 0.05) is 29.0 Å². The summed E-state index contributed by atoms with van der Waals surface area (Å²) >= 11 is 0. The number of para-hydroxylation sites is 1. The average molecular weight is 360 g/mol. The van der Waals surface area contributed by atoms with E-state index in [0.29, 0.717) is 24.3 Å². The molecule has 0 aliphatic carbocycles. The minimum atomic E-state index is 0.121. The topological polar surface area (TPSA) is 74.3 Å². The molecule has 3 rings (SSSR count). The van der Waals surface area contributed by atoms with Gasteiger partial charge >= 0.3 is 7.98 Å². The highest BCUT2D eigenvalue weighted by atomic mass is 16.5. The largest absolute Gasteiger partial charge is 0.586 e. The number of rotatable bonds is 6. The van der Waals surface area contributed by atoms with Crippen molar-refractivity contribution in [2.24, 2.45) is 5.73 Å². The molecule has 2 radical (unpaired) electrons. The maximum atomic E-state index is 10.2. The molecule has 4 N–H and O–H groups in total. The summed E-state index contributed by atoms with van der Waals surface area (Å²) in [6.07, 6.45) is 10.2. The van der Waals surface area contributed by atoms with Crippen molar-refractivity contribution >= 4 is 31.9 Å². The lowest BCUT2D eigenvalue weighted by molar-refractivity contribution is -0.294. The van der Waals surface area contributed by atoms with E-state index in [-0.39, 0.29) is 5.75 Å². The molecule has 0 bridgehead atoms. The quantitative estimate of drug-likeness (QED) is 0.694. The standard InChI is InChI=1S/C21H23BN3O2/c1-14-13-16(9-8-15-5-3-7-19(27-2)21(15)26)24-20(14)17(10-11-23)18-6-4-12-25(18)22/h3-9,12-13,24,26H,10-11,23H2,1-2H3/q+1/b9-8+. The predicted octanol–water partition coefficient (Wildman–Crippen LogP) is 3.00. The number of methoxy groups -OCH3 is 1. The normalized spacial score (nSPS) is 15.4. The number of nitrogens with zero attached hydrogens (tertiary/aromatic N) is 1. The third-order valence-corrected chi connectivity index (χ3v) is 4.51. The molecule has 0 amide bonds. The molecule has 1 aliphatic rings. The van der Waals surface area contributed by atoms with Crippen LogP contribution >= 0.6 is 0 Å². The summed E-state index contributed by atoms with van der Waals surface area (Å²) in [6.45, 7) is 2.58. The first-order valence-corrected chi connectivity index (χ1v) is 8.78. The second-order valence-electron chi connectivity index (χ2n) is 6.33. The maximum absolute atomic E-state index is 10.2. The highest BCUT2D eigenvalue weighted by Crippen LogP contribution is 2.31. The number of benzene rings is 1. The monoisotopic (exact) mass is 360 g/mol. The van der Waals surface area contributed by atoms with Crippen molar-refractivity contribution < 1.29 is 14.3 Å². The zero-order chi connectivity index (χ0) is 19.4. The van der Waals surface area contributed by atoms with Crippen molar-refractivity contribution in [1.82, 2.24) is 4.98 Å². The Morgan fingerprint density at radius 2 is 2.19 bits per heavy atom. The van der Waals surface area contributed by atoms with Crippen molar-refractivity contribution in [2.45, 2.75) is 13.3 Å². The Hall–Kier alpha value is -2.99. The SMILES string of the molecule is [B][N+]1=CC=CC1=C(CCN)c1[nH]c(/C=C/c2cccc(OC)c2O)cc1C. The van der Waals surface area contributed by atoms with Gasteiger partial charge < -0.3 is 20.6 Å². The number of phenols is 1. The molecule has 0 atom stereocenters. The van der Waals surface area contributed by atoms with E-state index in [1.807, 2.05) is 49.6 Å². The summed E-state index contributed by atoms with van der Waals surface area (Å²) in [6, 6.07) is 7.45. The van der Waals surface area contributed by atoms with Crippen LogP contribution in [0.15, 0.2) is 42.1 Å². The van der Waals surface area contributed by atoms with E-state index in [1.54, 1.807) is 10.6 Å². The van der Waals surface area contributed by atoms with E-state index in [1.165, 1.54) is 7.11 Å². The summed E-state index contributed by atoms with van der Waals surface area (Å²) in [5.74, 6) is 0.568. The summed E-state index contributed by atoms with van der Waals surface area (Å²) in [4.78, 5) is 3.44. The minimum absolute atomic E-state index is 0.121. The fourth-order valence-corrected chi connectivity index (χ4v) is 3.18. The molecule has 5 nitrogen and oxygen atoms in total. The number of nitrogens with one attached hydrogen (secondary N) is 1. The molecule has 27 heavy (non-hydrogen) atoms. The van der Waals surface area contributed by atoms with Gasteiger partial charge in [0.1, 0.15) is 6.21 Å². The summed E-state index contributed by atoms with van der Waals surface area (Å²) in [7, 11) is 7.57. The number of aromatic amines is 1. The molecule has 0 fully saturated rings. The van der Waals surface area contributed by atoms with Crippen LogP contribution in [0.1, 0.15) is 28.9 Å². The van der Waals surface area contributed by atoms with E-state index >= 15 is 0 Å². The molecule has 1 aromatic carbocycles. The van der Waals surface area contributed by atoms with Gasteiger partial charge in [0.25, 0.3) is 0 Å². The van der Waals surface area contributed by atoms with Gasteiger partial charge in [0.15, 0.2) is 17.2 Å². The molecule has 2 heterocycles. The Labute approximate surface area is 160 Å². The average Bonchev–Trinajstić information content (AvgIpc) is 3.24.